The Hall–Kier alpha value is -3.69. The molecule has 0 unspecified atom stereocenters. The number of anilines is 1. The molecule has 1 heterocycles. The molecule has 0 bridgehead atoms. The lowest BCUT2D eigenvalue weighted by Gasteiger charge is -2.07. The molecule has 2 aromatic rings. The maximum atomic E-state index is 12.0. The molecule has 1 aromatic carbocycles. The Labute approximate surface area is 153 Å². The second-order valence-electron chi connectivity index (χ2n) is 5.67. The Morgan fingerprint density at radius 2 is 1.93 bits per heavy atom. The van der Waals surface area contributed by atoms with Gasteiger partial charge in [-0.2, -0.15) is 0 Å². The van der Waals surface area contributed by atoms with Crippen LogP contribution in [0.4, 0.5) is 11.4 Å². The van der Waals surface area contributed by atoms with E-state index in [1.807, 2.05) is 0 Å². The van der Waals surface area contributed by atoms with E-state index in [1.165, 1.54) is 43.1 Å². The van der Waals surface area contributed by atoms with Crippen LogP contribution < -0.4 is 21.9 Å². The number of hydrogen-bond donors (Lipinski definition) is 2. The summed E-state index contributed by atoms with van der Waals surface area (Å²) in [7, 11) is 2.87. The normalized spacial score (nSPS) is 10.7. The fourth-order valence-electron chi connectivity index (χ4n) is 2.34. The molecule has 1 amide bonds. The van der Waals surface area contributed by atoms with Crippen molar-refractivity contribution in [2.24, 2.45) is 14.1 Å². The summed E-state index contributed by atoms with van der Waals surface area (Å²) in [6.07, 6.45) is 3.86. The number of carbonyl (C=O) groups is 1. The fraction of sp³-hybridized carbons (Fsp3) is 0.235. The summed E-state index contributed by atoms with van der Waals surface area (Å²) in [6.45, 7) is 0.506. The van der Waals surface area contributed by atoms with Gasteiger partial charge in [-0.1, -0.05) is 12.1 Å². The van der Waals surface area contributed by atoms with Crippen LogP contribution in [-0.4, -0.2) is 33.1 Å². The number of amides is 1. The molecule has 0 saturated carbocycles. The highest BCUT2D eigenvalue weighted by Crippen LogP contribution is 2.22. The first-order chi connectivity index (χ1) is 12.8. The van der Waals surface area contributed by atoms with Crippen LogP contribution in [0.3, 0.4) is 0 Å². The number of aromatic nitrogens is 2. The number of nitro groups is 1. The van der Waals surface area contributed by atoms with E-state index in [0.717, 1.165) is 4.57 Å². The minimum absolute atomic E-state index is 0.0470. The number of carbonyl (C=O) groups excluding carboxylic acids is 1. The first-order valence-electron chi connectivity index (χ1n) is 8.01. The van der Waals surface area contributed by atoms with Gasteiger partial charge in [-0.05, 0) is 12.1 Å². The third-order valence-electron chi connectivity index (χ3n) is 3.73. The number of nitrogens with zero attached hydrogens (tertiary/aromatic N) is 3. The molecular weight excluding hydrogens is 354 g/mol. The van der Waals surface area contributed by atoms with E-state index < -0.39 is 22.1 Å². The SMILES string of the molecule is Cn1cc(/C=C/C(=O)NCCNc2ccccc2[N+](=O)[O-])c(=O)n(C)c1=O. The van der Waals surface area contributed by atoms with E-state index in [1.54, 1.807) is 18.2 Å². The lowest BCUT2D eigenvalue weighted by molar-refractivity contribution is -0.384. The molecule has 0 aliphatic carbocycles. The van der Waals surface area contributed by atoms with Gasteiger partial charge in [-0.25, -0.2) is 4.79 Å². The molecule has 1 aromatic heterocycles. The van der Waals surface area contributed by atoms with Crippen LogP contribution >= 0.6 is 0 Å². The summed E-state index contributed by atoms with van der Waals surface area (Å²) >= 11 is 0. The largest absolute Gasteiger partial charge is 0.378 e. The smallest absolute Gasteiger partial charge is 0.330 e. The van der Waals surface area contributed by atoms with Crippen LogP contribution in [0.2, 0.25) is 0 Å². The topological polar surface area (TPSA) is 128 Å². The van der Waals surface area contributed by atoms with E-state index in [2.05, 4.69) is 10.6 Å². The summed E-state index contributed by atoms with van der Waals surface area (Å²) in [5.74, 6) is -0.435. The van der Waals surface area contributed by atoms with Crippen molar-refractivity contribution in [1.82, 2.24) is 14.5 Å². The molecule has 0 saturated heterocycles. The van der Waals surface area contributed by atoms with Crippen LogP contribution in [0.25, 0.3) is 6.08 Å². The van der Waals surface area contributed by atoms with Gasteiger partial charge in [0.2, 0.25) is 5.91 Å². The summed E-state index contributed by atoms with van der Waals surface area (Å²) in [6, 6.07) is 6.20. The Balaban J connectivity index is 1.91. The lowest BCUT2D eigenvalue weighted by Crippen LogP contribution is -2.37. The van der Waals surface area contributed by atoms with Crippen molar-refractivity contribution in [3.05, 3.63) is 73.1 Å². The number of benzene rings is 1. The standard InChI is InChI=1S/C17H19N5O5/c1-20-11-12(16(24)21(2)17(20)25)7-8-15(23)19-10-9-18-13-5-3-4-6-14(13)22(26)27/h3-8,11,18H,9-10H2,1-2H3,(H,19,23)/b8-7+. The van der Waals surface area contributed by atoms with Gasteiger partial charge < -0.3 is 15.2 Å². The van der Waals surface area contributed by atoms with E-state index >= 15 is 0 Å². The summed E-state index contributed by atoms with van der Waals surface area (Å²) in [5, 5.41) is 16.4. The van der Waals surface area contributed by atoms with Crippen molar-refractivity contribution in [1.29, 1.82) is 0 Å². The van der Waals surface area contributed by atoms with E-state index in [9.17, 15) is 24.5 Å². The monoisotopic (exact) mass is 373 g/mol. The molecule has 0 spiro atoms. The van der Waals surface area contributed by atoms with Gasteiger partial charge in [0, 0.05) is 45.5 Å². The predicted molar refractivity (Wildman–Crippen MR) is 101 cm³/mol. The van der Waals surface area contributed by atoms with Crippen LogP contribution in [0.1, 0.15) is 5.56 Å². The Kier molecular flexibility index (Phi) is 6.26. The van der Waals surface area contributed by atoms with Gasteiger partial charge in [0.25, 0.3) is 11.2 Å². The molecule has 0 atom stereocenters. The third kappa shape index (κ3) is 4.91. The van der Waals surface area contributed by atoms with E-state index in [-0.39, 0.29) is 24.3 Å². The molecule has 2 N–H and O–H groups in total. The average molecular weight is 373 g/mol. The number of para-hydroxylation sites is 2. The summed E-state index contributed by atoms with van der Waals surface area (Å²) in [4.78, 5) is 45.8. The molecule has 0 aliphatic heterocycles. The maximum Gasteiger partial charge on any atom is 0.330 e. The number of nitro benzene ring substituents is 1. The van der Waals surface area contributed by atoms with Gasteiger partial charge >= 0.3 is 5.69 Å². The molecule has 10 nitrogen and oxygen atoms in total. The third-order valence-corrected chi connectivity index (χ3v) is 3.73. The van der Waals surface area contributed by atoms with Crippen LogP contribution in [0, 0.1) is 10.1 Å². The van der Waals surface area contributed by atoms with Gasteiger partial charge in [-0.15, -0.1) is 0 Å². The summed E-state index contributed by atoms with van der Waals surface area (Å²) < 4.78 is 2.20. The Morgan fingerprint density at radius 1 is 1.22 bits per heavy atom. The molecular formula is C17H19N5O5. The molecule has 0 aliphatic rings. The maximum absolute atomic E-state index is 12.0. The average Bonchev–Trinajstić information content (AvgIpc) is 2.65. The van der Waals surface area contributed by atoms with Crippen LogP contribution in [0.5, 0.6) is 0 Å². The van der Waals surface area contributed by atoms with Gasteiger partial charge in [0.15, 0.2) is 0 Å². The van der Waals surface area contributed by atoms with Crippen molar-refractivity contribution in [3.63, 3.8) is 0 Å². The number of hydrogen-bond acceptors (Lipinski definition) is 6. The number of rotatable bonds is 7. The van der Waals surface area contributed by atoms with Crippen molar-refractivity contribution in [2.75, 3.05) is 18.4 Å². The number of nitrogens with one attached hydrogen (secondary N) is 2. The van der Waals surface area contributed by atoms with Gasteiger partial charge in [-0.3, -0.25) is 24.3 Å². The zero-order valence-electron chi connectivity index (χ0n) is 14.8. The number of aryl methyl sites for hydroxylation is 1. The minimum atomic E-state index is -0.500. The predicted octanol–water partition coefficient (Wildman–Crippen LogP) is 0.234. The van der Waals surface area contributed by atoms with Crippen molar-refractivity contribution < 1.29 is 9.72 Å². The second kappa shape index (κ2) is 8.61. The highest BCUT2D eigenvalue weighted by atomic mass is 16.6. The zero-order chi connectivity index (χ0) is 20.0. The quantitative estimate of drug-likeness (QED) is 0.309. The Bertz CT molecular complexity index is 1010. The molecule has 142 valence electrons. The molecule has 0 radical (unpaired) electrons. The van der Waals surface area contributed by atoms with Crippen molar-refractivity contribution >= 4 is 23.4 Å². The lowest BCUT2D eigenvalue weighted by atomic mass is 10.2. The second-order valence-corrected chi connectivity index (χ2v) is 5.67. The highest BCUT2D eigenvalue weighted by molar-refractivity contribution is 5.91. The first kappa shape index (κ1) is 19.6. The molecule has 10 heteroatoms. The van der Waals surface area contributed by atoms with Crippen molar-refractivity contribution in [3.8, 4) is 0 Å². The molecule has 27 heavy (non-hydrogen) atoms. The van der Waals surface area contributed by atoms with Gasteiger partial charge in [0.05, 0.1) is 10.5 Å². The van der Waals surface area contributed by atoms with Gasteiger partial charge in [0.1, 0.15) is 5.69 Å². The van der Waals surface area contributed by atoms with Crippen LogP contribution in [0.15, 0.2) is 46.1 Å². The first-order valence-corrected chi connectivity index (χ1v) is 8.01. The fourth-order valence-corrected chi connectivity index (χ4v) is 2.34. The molecule has 2 rings (SSSR count). The minimum Gasteiger partial charge on any atom is -0.378 e. The molecule has 0 fully saturated rings. The Morgan fingerprint density at radius 3 is 2.63 bits per heavy atom. The van der Waals surface area contributed by atoms with E-state index in [4.69, 9.17) is 0 Å². The van der Waals surface area contributed by atoms with Crippen LogP contribution in [-0.2, 0) is 18.9 Å². The van der Waals surface area contributed by atoms with Crippen molar-refractivity contribution in [2.45, 2.75) is 0 Å². The zero-order valence-corrected chi connectivity index (χ0v) is 14.8. The van der Waals surface area contributed by atoms with E-state index in [0.29, 0.717) is 5.69 Å². The summed E-state index contributed by atoms with van der Waals surface area (Å²) in [5.41, 5.74) is -0.439. The highest BCUT2D eigenvalue weighted by Gasteiger charge is 2.11.